The first-order valence-electron chi connectivity index (χ1n) is 2.72. The molecule has 2 N–H and O–H groups in total. The van der Waals surface area contributed by atoms with Crippen molar-refractivity contribution in [2.45, 2.75) is 12.5 Å². The van der Waals surface area contributed by atoms with Gasteiger partial charge in [0.15, 0.2) is 0 Å². The molecule has 0 radical (unpaired) electrons. The molecule has 0 amide bonds. The molecule has 0 aromatic carbocycles. The van der Waals surface area contributed by atoms with E-state index in [1.807, 2.05) is 7.05 Å². The van der Waals surface area contributed by atoms with Crippen molar-refractivity contribution >= 4 is 12.6 Å². The summed E-state index contributed by atoms with van der Waals surface area (Å²) >= 11 is 4.61. The largest absolute Gasteiger partial charge is 1.00 e. The molecule has 0 bridgehead atoms. The van der Waals surface area contributed by atoms with Gasteiger partial charge in [0.1, 0.15) is 0 Å². The number of aliphatic hydroxyl groups is 1. The van der Waals surface area contributed by atoms with Crippen molar-refractivity contribution in [1.82, 2.24) is 5.32 Å². The minimum absolute atomic E-state index is 0. The van der Waals surface area contributed by atoms with E-state index in [1.165, 1.54) is 0 Å². The summed E-state index contributed by atoms with van der Waals surface area (Å²) in [5.41, 5.74) is 0. The summed E-state index contributed by atoms with van der Waals surface area (Å²) in [5.74, 6) is 0.446. The van der Waals surface area contributed by atoms with E-state index in [1.54, 1.807) is 0 Å². The molecule has 1 atom stereocenters. The van der Waals surface area contributed by atoms with Crippen molar-refractivity contribution in [3.8, 4) is 0 Å². The maximum atomic E-state index is 8.84. The van der Waals surface area contributed by atoms with Crippen molar-refractivity contribution < 1.29 is 34.7 Å². The fourth-order valence-corrected chi connectivity index (χ4v) is 0.561. The van der Waals surface area contributed by atoms with Crippen molar-refractivity contribution in [3.05, 3.63) is 0 Å². The van der Waals surface area contributed by atoms with Gasteiger partial charge < -0.3 is 23.1 Å². The van der Waals surface area contributed by atoms with Crippen LogP contribution in [0.3, 0.4) is 0 Å². The first-order chi connectivity index (χ1) is 3.81. The molecule has 0 saturated heterocycles. The van der Waals surface area contributed by atoms with Crippen LogP contribution in [0.15, 0.2) is 0 Å². The number of hydrogen-bond donors (Lipinski definition) is 2. The van der Waals surface area contributed by atoms with Crippen molar-refractivity contribution in [2.75, 3.05) is 19.3 Å². The maximum absolute atomic E-state index is 8.84. The van der Waals surface area contributed by atoms with E-state index in [9.17, 15) is 0 Å². The van der Waals surface area contributed by atoms with Gasteiger partial charge in [-0.1, -0.05) is 0 Å². The molecule has 0 fully saturated rings. The second-order valence-electron chi connectivity index (χ2n) is 1.71. The molecule has 0 aromatic rings. The van der Waals surface area contributed by atoms with Crippen LogP contribution in [-0.2, 0) is 12.6 Å². The summed E-state index contributed by atoms with van der Waals surface area (Å²) in [6.45, 7) is 0.845. The molecular formula is C5H12NNaOS. The molecule has 0 aromatic heterocycles. The average molecular weight is 157 g/mol. The van der Waals surface area contributed by atoms with Crippen LogP contribution in [0.25, 0.3) is 0 Å². The Balaban J connectivity index is 0. The summed E-state index contributed by atoms with van der Waals surface area (Å²) in [6.07, 6.45) is 0.470. The van der Waals surface area contributed by atoms with Gasteiger partial charge in [0.2, 0.25) is 0 Å². The molecule has 0 aliphatic rings. The first-order valence-corrected chi connectivity index (χ1v) is 3.29. The van der Waals surface area contributed by atoms with Crippen LogP contribution < -0.4 is 34.9 Å². The zero-order valence-corrected chi connectivity index (χ0v) is 8.87. The van der Waals surface area contributed by atoms with Gasteiger partial charge in [0.05, 0.1) is 0 Å². The van der Waals surface area contributed by atoms with E-state index in [4.69, 9.17) is 5.11 Å². The van der Waals surface area contributed by atoms with Gasteiger partial charge in [0.25, 0.3) is 0 Å². The fourth-order valence-electron chi connectivity index (χ4n) is 0.394. The Bertz CT molecular complexity index is 56.2. The molecule has 4 heteroatoms. The van der Waals surface area contributed by atoms with Crippen molar-refractivity contribution in [3.63, 3.8) is 0 Å². The van der Waals surface area contributed by atoms with E-state index in [2.05, 4.69) is 17.9 Å². The van der Waals surface area contributed by atoms with Crippen LogP contribution in [0.5, 0.6) is 0 Å². The Kier molecular flexibility index (Phi) is 13.3. The van der Waals surface area contributed by atoms with Gasteiger partial charge in [0, 0.05) is 6.10 Å². The Morgan fingerprint density at radius 3 is 2.56 bits per heavy atom. The van der Waals surface area contributed by atoms with Gasteiger partial charge in [-0.15, -0.1) is 5.75 Å². The maximum Gasteiger partial charge on any atom is 1.00 e. The Morgan fingerprint density at radius 1 is 1.67 bits per heavy atom. The first kappa shape index (κ1) is 12.9. The van der Waals surface area contributed by atoms with Crippen LogP contribution in [0.2, 0.25) is 0 Å². The monoisotopic (exact) mass is 157 g/mol. The quantitative estimate of drug-likeness (QED) is 0.328. The molecule has 50 valence electrons. The number of hydrogen-bond acceptors (Lipinski definition) is 3. The molecule has 2 nitrogen and oxygen atoms in total. The van der Waals surface area contributed by atoms with E-state index in [-0.39, 0.29) is 35.7 Å². The van der Waals surface area contributed by atoms with Gasteiger partial charge in [-0.2, -0.15) is 0 Å². The van der Waals surface area contributed by atoms with Crippen LogP contribution in [0.1, 0.15) is 6.42 Å². The number of rotatable bonds is 4. The third-order valence-corrected chi connectivity index (χ3v) is 1.30. The Hall–Kier alpha value is 1.27. The summed E-state index contributed by atoms with van der Waals surface area (Å²) in [7, 11) is 1.86. The van der Waals surface area contributed by atoms with Crippen LogP contribution in [0, 0.1) is 0 Å². The third kappa shape index (κ3) is 9.27. The summed E-state index contributed by atoms with van der Waals surface area (Å²) in [5, 5.41) is 11.8. The molecule has 9 heavy (non-hydrogen) atoms. The van der Waals surface area contributed by atoms with Crippen molar-refractivity contribution in [1.29, 1.82) is 0 Å². The van der Waals surface area contributed by atoms with E-state index >= 15 is 0 Å². The Morgan fingerprint density at radius 2 is 2.22 bits per heavy atom. The minimum Gasteiger partial charge on any atom is -0.790 e. The summed E-state index contributed by atoms with van der Waals surface area (Å²) < 4.78 is 0. The number of nitrogens with one attached hydrogen (secondary N) is 1. The molecule has 0 heterocycles. The summed E-state index contributed by atoms with van der Waals surface area (Å²) in [6, 6.07) is 0. The molecule has 0 rings (SSSR count). The van der Waals surface area contributed by atoms with E-state index in [0.29, 0.717) is 5.75 Å². The average Bonchev–Trinajstić information content (AvgIpc) is 1.83. The van der Waals surface area contributed by atoms with Crippen LogP contribution in [0.4, 0.5) is 0 Å². The van der Waals surface area contributed by atoms with Gasteiger partial charge >= 0.3 is 29.6 Å². The molecule has 0 spiro atoms. The van der Waals surface area contributed by atoms with Crippen molar-refractivity contribution in [2.24, 2.45) is 0 Å². The Labute approximate surface area is 84.1 Å². The SMILES string of the molecule is CNCCC(O)C[S-].[Na+]. The standard InChI is InChI=1S/C5H13NOS.Na/c1-6-3-2-5(7)4-8;/h5-8H,2-4H2,1H3;/q;+1/p-1. The molecule has 0 saturated carbocycles. The predicted molar refractivity (Wildman–Crippen MR) is 36.8 cm³/mol. The van der Waals surface area contributed by atoms with E-state index < -0.39 is 0 Å². The predicted octanol–water partition coefficient (Wildman–Crippen LogP) is -3.49. The minimum atomic E-state index is -0.294. The van der Waals surface area contributed by atoms with Crippen LogP contribution in [-0.4, -0.2) is 30.6 Å². The fraction of sp³-hybridized carbons (Fsp3) is 1.00. The smallest absolute Gasteiger partial charge is 0.790 e. The second-order valence-corrected chi connectivity index (χ2v) is 2.05. The molecule has 0 aliphatic heterocycles. The third-order valence-electron chi connectivity index (χ3n) is 0.920. The second kappa shape index (κ2) is 9.27. The van der Waals surface area contributed by atoms with Gasteiger partial charge in [-0.25, -0.2) is 0 Å². The van der Waals surface area contributed by atoms with E-state index in [0.717, 1.165) is 13.0 Å². The topological polar surface area (TPSA) is 32.3 Å². The van der Waals surface area contributed by atoms with Crippen LogP contribution >= 0.6 is 0 Å². The zero-order valence-electron chi connectivity index (χ0n) is 6.05. The summed E-state index contributed by atoms with van der Waals surface area (Å²) in [4.78, 5) is 0. The number of aliphatic hydroxyl groups excluding tert-OH is 1. The normalized spacial score (nSPS) is 12.3. The molecule has 1 unspecified atom stereocenters. The zero-order chi connectivity index (χ0) is 6.41. The molecular weight excluding hydrogens is 145 g/mol. The van der Waals surface area contributed by atoms with Gasteiger partial charge in [-0.05, 0) is 20.0 Å². The molecule has 0 aliphatic carbocycles. The van der Waals surface area contributed by atoms with Gasteiger partial charge in [-0.3, -0.25) is 0 Å².